The number of phenolic OH excluding ortho intramolecular Hbond substituents is 1. The molecule has 0 aromatic heterocycles. The van der Waals surface area contributed by atoms with E-state index in [0.717, 1.165) is 0 Å². The highest BCUT2D eigenvalue weighted by molar-refractivity contribution is 6.35. The fourth-order valence-corrected chi connectivity index (χ4v) is 1.71. The molecule has 4 nitrogen and oxygen atoms in total. The molecule has 18 heavy (non-hydrogen) atoms. The van der Waals surface area contributed by atoms with Crippen molar-refractivity contribution in [1.29, 1.82) is 5.26 Å². The number of rotatable bonds is 3. The Kier molecular flexibility index (Phi) is 5.02. The van der Waals surface area contributed by atoms with E-state index < -0.39 is 5.97 Å². The van der Waals surface area contributed by atoms with E-state index in [1.165, 1.54) is 18.2 Å². The Balaban J connectivity index is 3.22. The number of benzene rings is 1. The van der Waals surface area contributed by atoms with Crippen molar-refractivity contribution in [3.63, 3.8) is 0 Å². The van der Waals surface area contributed by atoms with Crippen LogP contribution in [0.1, 0.15) is 12.5 Å². The number of esters is 1. The topological polar surface area (TPSA) is 70.3 Å². The van der Waals surface area contributed by atoms with Gasteiger partial charge in [-0.15, -0.1) is 0 Å². The number of nitriles is 1. The zero-order valence-corrected chi connectivity index (χ0v) is 10.9. The van der Waals surface area contributed by atoms with E-state index in [1.807, 2.05) is 0 Å². The van der Waals surface area contributed by atoms with Crippen LogP contribution in [0.4, 0.5) is 0 Å². The van der Waals surface area contributed by atoms with E-state index in [2.05, 4.69) is 0 Å². The lowest BCUT2D eigenvalue weighted by Gasteiger charge is -2.04. The summed E-state index contributed by atoms with van der Waals surface area (Å²) in [5, 5.41) is 18.8. The lowest BCUT2D eigenvalue weighted by Crippen LogP contribution is -2.06. The molecular weight excluding hydrogens is 277 g/mol. The molecule has 6 heteroatoms. The quantitative estimate of drug-likeness (QED) is 0.526. The summed E-state index contributed by atoms with van der Waals surface area (Å²) in [6.45, 7) is 1.78. The van der Waals surface area contributed by atoms with Gasteiger partial charge in [-0.25, -0.2) is 4.79 Å². The van der Waals surface area contributed by atoms with Crippen molar-refractivity contribution in [3.05, 3.63) is 33.3 Å². The highest BCUT2D eigenvalue weighted by atomic mass is 35.5. The largest absolute Gasteiger partial charge is 0.506 e. The van der Waals surface area contributed by atoms with Crippen LogP contribution in [0.3, 0.4) is 0 Å². The molecule has 0 aliphatic rings. The van der Waals surface area contributed by atoms with Crippen molar-refractivity contribution < 1.29 is 14.6 Å². The van der Waals surface area contributed by atoms with Crippen molar-refractivity contribution in [2.75, 3.05) is 6.61 Å². The van der Waals surface area contributed by atoms with Crippen LogP contribution >= 0.6 is 23.2 Å². The molecule has 0 unspecified atom stereocenters. The maximum Gasteiger partial charge on any atom is 0.348 e. The second-order valence-electron chi connectivity index (χ2n) is 3.22. The minimum Gasteiger partial charge on any atom is -0.506 e. The SMILES string of the molecule is CCOC(=O)C(C#N)=Cc1cc(Cl)cc(Cl)c1O. The van der Waals surface area contributed by atoms with Gasteiger partial charge in [0.1, 0.15) is 17.4 Å². The molecule has 0 heterocycles. The van der Waals surface area contributed by atoms with Crippen LogP contribution < -0.4 is 0 Å². The highest BCUT2D eigenvalue weighted by Crippen LogP contribution is 2.32. The number of phenols is 1. The van der Waals surface area contributed by atoms with Gasteiger partial charge in [0.2, 0.25) is 0 Å². The highest BCUT2D eigenvalue weighted by Gasteiger charge is 2.13. The molecule has 94 valence electrons. The number of carbonyl (C=O) groups is 1. The summed E-state index contributed by atoms with van der Waals surface area (Å²) in [6, 6.07) is 4.43. The summed E-state index contributed by atoms with van der Waals surface area (Å²) < 4.78 is 4.69. The molecule has 1 aromatic carbocycles. The monoisotopic (exact) mass is 285 g/mol. The zero-order chi connectivity index (χ0) is 13.7. The van der Waals surface area contributed by atoms with Crippen LogP contribution in [-0.2, 0) is 9.53 Å². The predicted molar refractivity (Wildman–Crippen MR) is 68.3 cm³/mol. The first-order valence-electron chi connectivity index (χ1n) is 4.96. The lowest BCUT2D eigenvalue weighted by atomic mass is 10.1. The second-order valence-corrected chi connectivity index (χ2v) is 4.06. The van der Waals surface area contributed by atoms with E-state index in [0.29, 0.717) is 0 Å². The van der Waals surface area contributed by atoms with Gasteiger partial charge < -0.3 is 9.84 Å². The molecule has 0 saturated carbocycles. The van der Waals surface area contributed by atoms with Crippen LogP contribution in [0.2, 0.25) is 10.0 Å². The van der Waals surface area contributed by atoms with Gasteiger partial charge in [0.25, 0.3) is 0 Å². The number of hydrogen-bond donors (Lipinski definition) is 1. The van der Waals surface area contributed by atoms with E-state index in [-0.39, 0.29) is 33.5 Å². The molecular formula is C12H9Cl2NO3. The molecule has 0 bridgehead atoms. The molecule has 0 fully saturated rings. The van der Waals surface area contributed by atoms with E-state index >= 15 is 0 Å². The number of ether oxygens (including phenoxy) is 1. The third kappa shape index (κ3) is 3.39. The van der Waals surface area contributed by atoms with E-state index in [9.17, 15) is 9.90 Å². The van der Waals surface area contributed by atoms with Crippen LogP contribution in [0.15, 0.2) is 17.7 Å². The summed E-state index contributed by atoms with van der Waals surface area (Å²) in [7, 11) is 0. The first kappa shape index (κ1) is 14.4. The maximum absolute atomic E-state index is 11.4. The molecule has 0 radical (unpaired) electrons. The van der Waals surface area contributed by atoms with Crippen molar-refractivity contribution >= 4 is 35.2 Å². The van der Waals surface area contributed by atoms with Crippen molar-refractivity contribution in [2.45, 2.75) is 6.92 Å². The van der Waals surface area contributed by atoms with Crippen LogP contribution in [-0.4, -0.2) is 17.7 Å². The predicted octanol–water partition coefficient (Wildman–Crippen LogP) is 3.17. The maximum atomic E-state index is 11.4. The Morgan fingerprint density at radius 1 is 1.56 bits per heavy atom. The smallest absolute Gasteiger partial charge is 0.348 e. The Morgan fingerprint density at radius 2 is 2.22 bits per heavy atom. The molecule has 1 N–H and O–H groups in total. The Morgan fingerprint density at radius 3 is 2.78 bits per heavy atom. The average molecular weight is 286 g/mol. The van der Waals surface area contributed by atoms with Crippen molar-refractivity contribution in [3.8, 4) is 11.8 Å². The lowest BCUT2D eigenvalue weighted by molar-refractivity contribution is -0.137. The Bertz CT molecular complexity index is 547. The normalized spacial score (nSPS) is 10.9. The Hall–Kier alpha value is -1.70. The summed E-state index contributed by atoms with van der Waals surface area (Å²) in [6.07, 6.45) is 1.17. The van der Waals surface area contributed by atoms with Crippen LogP contribution in [0, 0.1) is 11.3 Å². The molecule has 0 amide bonds. The number of aromatic hydroxyl groups is 1. The van der Waals surface area contributed by atoms with Gasteiger partial charge in [-0.1, -0.05) is 23.2 Å². The summed E-state index contributed by atoms with van der Waals surface area (Å²) in [4.78, 5) is 11.4. The van der Waals surface area contributed by atoms with Crippen molar-refractivity contribution in [1.82, 2.24) is 0 Å². The van der Waals surface area contributed by atoms with E-state index in [1.54, 1.807) is 13.0 Å². The number of halogens is 2. The van der Waals surface area contributed by atoms with Gasteiger partial charge in [-0.2, -0.15) is 5.26 Å². The van der Waals surface area contributed by atoms with Gasteiger partial charge in [0, 0.05) is 10.6 Å². The number of carbonyl (C=O) groups excluding carboxylic acids is 1. The molecule has 0 atom stereocenters. The summed E-state index contributed by atoms with van der Waals surface area (Å²) in [5.74, 6) is -1.02. The third-order valence-electron chi connectivity index (χ3n) is 1.97. The van der Waals surface area contributed by atoms with Crippen LogP contribution in [0.25, 0.3) is 6.08 Å². The molecule has 0 saturated heterocycles. The second kappa shape index (κ2) is 6.29. The molecule has 0 spiro atoms. The summed E-state index contributed by atoms with van der Waals surface area (Å²) in [5.41, 5.74) is -0.0670. The van der Waals surface area contributed by atoms with Crippen LogP contribution in [0.5, 0.6) is 5.75 Å². The van der Waals surface area contributed by atoms with E-state index in [4.69, 9.17) is 33.2 Å². The van der Waals surface area contributed by atoms with Crippen molar-refractivity contribution in [2.24, 2.45) is 0 Å². The first-order valence-corrected chi connectivity index (χ1v) is 5.72. The number of hydrogen-bond acceptors (Lipinski definition) is 4. The average Bonchev–Trinajstić information content (AvgIpc) is 2.32. The standard InChI is InChI=1S/C12H9Cl2NO3/c1-2-18-12(17)8(6-15)3-7-4-9(13)5-10(14)11(7)16/h3-5,16H,2H2,1H3. The minimum absolute atomic E-state index is 0.0369. The van der Waals surface area contributed by atoms with Gasteiger partial charge in [0.15, 0.2) is 0 Å². The fourth-order valence-electron chi connectivity index (χ4n) is 1.20. The number of nitrogens with zero attached hydrogens (tertiary/aromatic N) is 1. The van der Waals surface area contributed by atoms with Gasteiger partial charge in [0.05, 0.1) is 11.6 Å². The fraction of sp³-hybridized carbons (Fsp3) is 0.167. The molecule has 1 rings (SSSR count). The third-order valence-corrected chi connectivity index (χ3v) is 2.48. The minimum atomic E-state index is -0.768. The zero-order valence-electron chi connectivity index (χ0n) is 9.41. The molecule has 1 aromatic rings. The molecule has 0 aliphatic heterocycles. The molecule has 0 aliphatic carbocycles. The Labute approximate surface area is 114 Å². The van der Waals surface area contributed by atoms with Gasteiger partial charge >= 0.3 is 5.97 Å². The first-order chi connectivity index (χ1) is 8.49. The summed E-state index contributed by atoms with van der Waals surface area (Å²) >= 11 is 11.5. The van der Waals surface area contributed by atoms with Gasteiger partial charge in [-0.05, 0) is 25.1 Å². The van der Waals surface area contributed by atoms with Gasteiger partial charge in [-0.3, -0.25) is 0 Å².